The van der Waals surface area contributed by atoms with Crippen LogP contribution in [-0.4, -0.2) is 29.3 Å². The first-order valence-electron chi connectivity index (χ1n) is 13.9. The minimum absolute atomic E-state index is 0.00489. The van der Waals surface area contributed by atoms with Gasteiger partial charge in [0.15, 0.2) is 0 Å². The summed E-state index contributed by atoms with van der Waals surface area (Å²) in [5, 5.41) is 10.2. The zero-order valence-corrected chi connectivity index (χ0v) is 21.8. The summed E-state index contributed by atoms with van der Waals surface area (Å²) >= 11 is 0. The van der Waals surface area contributed by atoms with E-state index in [1.54, 1.807) is 12.5 Å². The van der Waals surface area contributed by atoms with Crippen molar-refractivity contribution in [2.24, 2.45) is 46.2 Å². The van der Waals surface area contributed by atoms with E-state index in [1.807, 2.05) is 0 Å². The number of allylic oxidation sites excluding steroid dienone is 1. The Bertz CT molecular complexity index is 745. The van der Waals surface area contributed by atoms with Crippen LogP contribution in [0, 0.1) is 40.4 Å². The van der Waals surface area contributed by atoms with Gasteiger partial charge < -0.3 is 15.6 Å². The van der Waals surface area contributed by atoms with Crippen LogP contribution < -0.4 is 5.73 Å². The van der Waals surface area contributed by atoms with Gasteiger partial charge in [0.25, 0.3) is 0 Å². The highest BCUT2D eigenvalue weighted by atomic mass is 16.5. The number of hydrogen-bond donors (Lipinski definition) is 2. The highest BCUT2D eigenvalue weighted by Gasteiger charge is 2.58. The van der Waals surface area contributed by atoms with Crippen LogP contribution in [0.5, 0.6) is 0 Å². The second-order valence-electron chi connectivity index (χ2n) is 12.9. The second kappa shape index (κ2) is 9.64. The molecule has 4 aliphatic carbocycles. The van der Waals surface area contributed by atoms with E-state index in [-0.39, 0.29) is 23.6 Å². The molecule has 0 amide bonds. The Morgan fingerprint density at radius 2 is 1.91 bits per heavy atom. The fourth-order valence-electron chi connectivity index (χ4n) is 8.49. The molecule has 0 bridgehead atoms. The summed E-state index contributed by atoms with van der Waals surface area (Å²) in [6.45, 7) is 11.1. The van der Waals surface area contributed by atoms with Crippen molar-refractivity contribution in [1.29, 1.82) is 0 Å². The summed E-state index contributed by atoms with van der Waals surface area (Å²) in [7, 11) is 0. The number of aliphatic hydroxyl groups is 1. The van der Waals surface area contributed by atoms with E-state index >= 15 is 0 Å². The molecule has 0 aromatic rings. The monoisotopic (exact) mass is 459 g/mol. The van der Waals surface area contributed by atoms with Gasteiger partial charge in [-0.15, -0.1) is 0 Å². The average Bonchev–Trinajstić information content (AvgIpc) is 3.10. The Morgan fingerprint density at radius 3 is 2.61 bits per heavy atom. The zero-order chi connectivity index (χ0) is 24.0. The molecule has 3 saturated carbocycles. The van der Waals surface area contributed by atoms with Gasteiger partial charge in [0.1, 0.15) is 12.1 Å². The molecule has 9 unspecified atom stereocenters. The summed E-state index contributed by atoms with van der Waals surface area (Å²) in [5.41, 5.74) is 8.04. The fourth-order valence-corrected chi connectivity index (χ4v) is 8.49. The van der Waals surface area contributed by atoms with Crippen LogP contribution in [0.1, 0.15) is 105 Å². The minimum Gasteiger partial charge on any atom is -0.461 e. The van der Waals surface area contributed by atoms with E-state index in [1.165, 1.54) is 44.9 Å². The molecule has 0 aromatic heterocycles. The first kappa shape index (κ1) is 25.2. The van der Waals surface area contributed by atoms with Crippen LogP contribution in [0.15, 0.2) is 11.6 Å². The van der Waals surface area contributed by atoms with Gasteiger partial charge >= 0.3 is 5.97 Å². The van der Waals surface area contributed by atoms with Gasteiger partial charge in [-0.05, 0) is 105 Å². The van der Waals surface area contributed by atoms with Crippen LogP contribution in [-0.2, 0) is 9.53 Å². The van der Waals surface area contributed by atoms with Crippen molar-refractivity contribution in [2.45, 2.75) is 123 Å². The van der Waals surface area contributed by atoms with Crippen LogP contribution in [0.4, 0.5) is 0 Å². The third kappa shape index (κ3) is 4.68. The van der Waals surface area contributed by atoms with E-state index in [2.05, 4.69) is 33.8 Å². The van der Waals surface area contributed by atoms with E-state index in [0.29, 0.717) is 11.3 Å². The van der Waals surface area contributed by atoms with Crippen LogP contribution in [0.3, 0.4) is 0 Å². The first-order valence-corrected chi connectivity index (χ1v) is 13.9. The summed E-state index contributed by atoms with van der Waals surface area (Å²) < 4.78 is 5.73. The highest BCUT2D eigenvalue weighted by molar-refractivity contribution is 5.75. The Morgan fingerprint density at radius 1 is 1.15 bits per heavy atom. The molecule has 4 nitrogen and oxygen atoms in total. The Hall–Kier alpha value is -0.870. The number of ether oxygens (including phenoxy) is 1. The lowest BCUT2D eigenvalue weighted by Crippen LogP contribution is -2.50. The number of nitrogens with two attached hydrogens (primary N) is 1. The molecule has 0 heterocycles. The third-order valence-electron chi connectivity index (χ3n) is 10.7. The Balaban J connectivity index is 1.41. The number of aliphatic hydroxyl groups excluding tert-OH is 1. The van der Waals surface area contributed by atoms with E-state index in [4.69, 9.17) is 10.5 Å². The number of rotatable bonds is 7. The van der Waals surface area contributed by atoms with Crippen molar-refractivity contribution in [1.82, 2.24) is 0 Å². The van der Waals surface area contributed by atoms with Crippen LogP contribution in [0.25, 0.3) is 0 Å². The van der Waals surface area contributed by atoms with Crippen molar-refractivity contribution in [3.8, 4) is 0 Å². The zero-order valence-electron chi connectivity index (χ0n) is 21.8. The normalized spacial score (nSPS) is 42.1. The molecule has 33 heavy (non-hydrogen) atoms. The summed E-state index contributed by atoms with van der Waals surface area (Å²) in [5.74, 6) is 3.38. The molecule has 4 rings (SSSR count). The van der Waals surface area contributed by atoms with E-state index in [9.17, 15) is 9.90 Å². The van der Waals surface area contributed by atoms with Crippen molar-refractivity contribution in [2.75, 3.05) is 0 Å². The van der Waals surface area contributed by atoms with Crippen molar-refractivity contribution < 1.29 is 14.6 Å². The largest absolute Gasteiger partial charge is 0.461 e. The SMILES string of the molecule is CC(N)C(=O)OC1CCC2(C)C(=CCC3C2CCC2(C)C(CCCC(O)C(C)C)CCC32)C1. The maximum absolute atomic E-state index is 12.0. The van der Waals surface area contributed by atoms with E-state index < -0.39 is 6.04 Å². The summed E-state index contributed by atoms with van der Waals surface area (Å²) in [4.78, 5) is 12.0. The molecule has 188 valence electrons. The first-order chi connectivity index (χ1) is 15.6. The predicted octanol–water partition coefficient (Wildman–Crippen LogP) is 6.01. The molecule has 4 aliphatic rings. The molecule has 9 atom stereocenters. The van der Waals surface area contributed by atoms with Gasteiger partial charge in [-0.2, -0.15) is 0 Å². The van der Waals surface area contributed by atoms with Crippen molar-refractivity contribution in [3.63, 3.8) is 0 Å². The topological polar surface area (TPSA) is 72.6 Å². The lowest BCUT2D eigenvalue weighted by Gasteiger charge is -2.58. The molecule has 0 aliphatic heterocycles. The number of esters is 1. The molecule has 0 aromatic carbocycles. The molecule has 0 saturated heterocycles. The molecule has 0 spiro atoms. The van der Waals surface area contributed by atoms with Crippen molar-refractivity contribution in [3.05, 3.63) is 11.6 Å². The lowest BCUT2D eigenvalue weighted by atomic mass is 9.47. The van der Waals surface area contributed by atoms with Crippen molar-refractivity contribution >= 4 is 5.97 Å². The van der Waals surface area contributed by atoms with Crippen LogP contribution in [0.2, 0.25) is 0 Å². The smallest absolute Gasteiger partial charge is 0.322 e. The molecular weight excluding hydrogens is 410 g/mol. The third-order valence-corrected chi connectivity index (χ3v) is 10.7. The molecular formula is C29H49NO3. The number of carbonyl (C=O) groups excluding carboxylic acids is 1. The molecule has 3 N–H and O–H groups in total. The van der Waals surface area contributed by atoms with Gasteiger partial charge in [0.05, 0.1) is 6.10 Å². The summed E-state index contributed by atoms with van der Waals surface area (Å²) in [6, 6.07) is -0.539. The predicted molar refractivity (Wildman–Crippen MR) is 133 cm³/mol. The minimum atomic E-state index is -0.539. The lowest BCUT2D eigenvalue weighted by molar-refractivity contribution is -0.152. The second-order valence-corrected chi connectivity index (χ2v) is 12.9. The molecule has 0 radical (unpaired) electrons. The Kier molecular flexibility index (Phi) is 7.37. The van der Waals surface area contributed by atoms with Gasteiger partial charge in [-0.1, -0.05) is 45.8 Å². The number of carbonyl (C=O) groups is 1. The van der Waals surface area contributed by atoms with Gasteiger partial charge in [0.2, 0.25) is 0 Å². The maximum atomic E-state index is 12.0. The van der Waals surface area contributed by atoms with E-state index in [0.717, 1.165) is 49.4 Å². The molecule has 3 fully saturated rings. The molecule has 4 heteroatoms. The average molecular weight is 460 g/mol. The van der Waals surface area contributed by atoms with Gasteiger partial charge in [-0.3, -0.25) is 4.79 Å². The van der Waals surface area contributed by atoms with Gasteiger partial charge in [0, 0.05) is 6.42 Å². The highest BCUT2D eigenvalue weighted by Crippen LogP contribution is 2.66. The number of fused-ring (bicyclic) bond motifs is 5. The summed E-state index contributed by atoms with van der Waals surface area (Å²) in [6.07, 6.45) is 15.5. The Labute approximate surface area is 202 Å². The standard InChI is InChI=1S/C29H49NO3/c1-18(2)26(31)8-6-7-20-10-12-24-23-11-9-21-17-22(33-27(32)19(3)30)13-15-29(21,5)25(23)14-16-28(20,24)4/h9,18-20,22-26,31H,6-8,10-17,30H2,1-5H3. The maximum Gasteiger partial charge on any atom is 0.322 e. The van der Waals surface area contributed by atoms with Gasteiger partial charge in [-0.25, -0.2) is 0 Å². The fraction of sp³-hybridized carbons (Fsp3) is 0.897. The quantitative estimate of drug-likeness (QED) is 0.361. The van der Waals surface area contributed by atoms with Crippen LogP contribution >= 0.6 is 0 Å². The number of hydrogen-bond acceptors (Lipinski definition) is 4.